The highest BCUT2D eigenvalue weighted by molar-refractivity contribution is 14.1. The number of nitrogens with one attached hydrogen (secondary N) is 5. The van der Waals surface area contributed by atoms with E-state index in [0.29, 0.717) is 138 Å². The molecule has 3 aromatic carbocycles. The third-order valence-electron chi connectivity index (χ3n) is 12.8. The predicted molar refractivity (Wildman–Crippen MR) is 323 cm³/mol. The average molecular weight is 1290 g/mol. The van der Waals surface area contributed by atoms with Crippen molar-refractivity contribution in [2.75, 3.05) is 132 Å². The highest BCUT2D eigenvalue weighted by Crippen LogP contribution is 2.44. The normalized spacial score (nSPS) is 12.6. The van der Waals surface area contributed by atoms with Gasteiger partial charge in [0.2, 0.25) is 17.7 Å². The Morgan fingerprint density at radius 1 is 0.500 bits per heavy atom. The van der Waals surface area contributed by atoms with Crippen LogP contribution in [0.2, 0.25) is 0 Å². The smallest absolute Gasteiger partial charge is 0.407 e. The van der Waals surface area contributed by atoms with Gasteiger partial charge in [0.15, 0.2) is 0 Å². The largest absolute Gasteiger partial charge is 0.480 e. The first-order chi connectivity index (χ1) is 40.7. The number of benzene rings is 3. The van der Waals surface area contributed by atoms with Crippen molar-refractivity contribution in [3.05, 3.63) is 93.1 Å². The second-order valence-electron chi connectivity index (χ2n) is 20.7. The quantitative estimate of drug-likeness (QED) is 0.0253. The number of aliphatic carboxylic acids is 1. The van der Waals surface area contributed by atoms with Crippen LogP contribution in [0.4, 0.5) is 9.59 Å². The van der Waals surface area contributed by atoms with Crippen LogP contribution >= 0.6 is 22.6 Å². The van der Waals surface area contributed by atoms with Gasteiger partial charge in [0.1, 0.15) is 24.3 Å². The number of amides is 5. The number of carbonyl (C=O) groups is 6. The molecule has 0 bridgehead atoms. The second kappa shape index (κ2) is 43.2. The van der Waals surface area contributed by atoms with Crippen LogP contribution in [0.25, 0.3) is 11.1 Å². The summed E-state index contributed by atoms with van der Waals surface area (Å²) in [6.07, 6.45) is 3.67. The number of hydrogen-bond acceptors (Lipinski definition) is 16. The van der Waals surface area contributed by atoms with E-state index in [2.05, 4.69) is 73.4 Å². The van der Waals surface area contributed by atoms with Crippen LogP contribution < -0.4 is 26.6 Å². The Bertz CT molecular complexity index is 2310. The summed E-state index contributed by atoms with van der Waals surface area (Å²) in [4.78, 5) is 74.7. The Kier molecular flexibility index (Phi) is 36.5. The van der Waals surface area contributed by atoms with Gasteiger partial charge in [-0.3, -0.25) is 14.4 Å². The molecule has 22 nitrogen and oxygen atoms in total. The second-order valence-corrected chi connectivity index (χ2v) is 21.9. The third kappa shape index (κ3) is 32.1. The topological polar surface area (TPSA) is 275 Å². The van der Waals surface area contributed by atoms with Crippen LogP contribution in [0, 0.1) is 3.57 Å². The number of rotatable bonds is 47. The first-order valence-electron chi connectivity index (χ1n) is 29.2. The summed E-state index contributed by atoms with van der Waals surface area (Å²) >= 11 is 2.26. The summed E-state index contributed by atoms with van der Waals surface area (Å²) in [6.45, 7) is 12.1. The molecular weight excluding hydrogens is 1200 g/mol. The lowest BCUT2D eigenvalue weighted by atomic mass is 9.98. The molecule has 1 aliphatic rings. The molecule has 0 heterocycles. The van der Waals surface area contributed by atoms with Gasteiger partial charge in [-0.05, 0) is 135 Å². The molecule has 23 heteroatoms. The summed E-state index contributed by atoms with van der Waals surface area (Å²) in [5, 5.41) is 23.3. The number of carboxylic acid groups (broad SMARTS) is 1. The summed E-state index contributed by atoms with van der Waals surface area (Å²) < 4.78 is 56.5. The fourth-order valence-electron chi connectivity index (χ4n) is 8.62. The summed E-state index contributed by atoms with van der Waals surface area (Å²) in [6, 6.07) is 22.5. The lowest BCUT2D eigenvalue weighted by Crippen LogP contribution is -2.47. The zero-order chi connectivity index (χ0) is 60.5. The molecule has 0 saturated heterocycles. The van der Waals surface area contributed by atoms with Crippen molar-refractivity contribution in [3.8, 4) is 11.1 Å². The van der Waals surface area contributed by atoms with E-state index in [1.54, 1.807) is 20.8 Å². The van der Waals surface area contributed by atoms with E-state index in [-0.39, 0.29) is 63.5 Å². The molecule has 1 aliphatic carbocycles. The van der Waals surface area contributed by atoms with Crippen molar-refractivity contribution in [3.63, 3.8) is 0 Å². The van der Waals surface area contributed by atoms with Gasteiger partial charge in [0.05, 0.1) is 106 Å². The van der Waals surface area contributed by atoms with Crippen LogP contribution in [0.1, 0.15) is 101 Å². The molecular formula is C61H90IN5O17. The molecule has 0 saturated carbocycles. The van der Waals surface area contributed by atoms with E-state index in [1.165, 1.54) is 9.13 Å². The minimum Gasteiger partial charge on any atom is -0.480 e. The minimum absolute atomic E-state index is 0.0240. The van der Waals surface area contributed by atoms with Crippen molar-refractivity contribution in [2.45, 2.75) is 109 Å². The number of halogens is 1. The highest BCUT2D eigenvalue weighted by atomic mass is 127. The van der Waals surface area contributed by atoms with Crippen molar-refractivity contribution >= 4 is 58.5 Å². The van der Waals surface area contributed by atoms with Crippen LogP contribution in [-0.2, 0) is 73.0 Å². The Hall–Kier alpha value is -5.51. The van der Waals surface area contributed by atoms with Gasteiger partial charge in [0.25, 0.3) is 0 Å². The Morgan fingerprint density at radius 3 is 1.49 bits per heavy atom. The van der Waals surface area contributed by atoms with Crippen LogP contribution in [-0.4, -0.2) is 191 Å². The maximum Gasteiger partial charge on any atom is 0.407 e. The van der Waals surface area contributed by atoms with Gasteiger partial charge in [-0.25, -0.2) is 14.4 Å². The number of aryl methyl sites for hydroxylation is 1. The number of unbranched alkanes of at least 4 members (excludes halogenated alkanes) is 2. The van der Waals surface area contributed by atoms with Crippen molar-refractivity contribution in [1.82, 2.24) is 26.6 Å². The molecule has 0 fully saturated rings. The summed E-state index contributed by atoms with van der Waals surface area (Å²) in [5.74, 6) is -2.03. The number of carboxylic acids is 1. The number of fused-ring (bicyclic) bond motifs is 3. The van der Waals surface area contributed by atoms with E-state index in [0.717, 1.165) is 35.1 Å². The van der Waals surface area contributed by atoms with Gasteiger partial charge in [0, 0.05) is 42.0 Å². The monoisotopic (exact) mass is 1290 g/mol. The van der Waals surface area contributed by atoms with Crippen LogP contribution in [0.15, 0.2) is 72.8 Å². The molecule has 468 valence electrons. The molecule has 0 unspecified atom stereocenters. The lowest BCUT2D eigenvalue weighted by Gasteiger charge is -2.21. The standard InChI is InChI=1S/C61H90IN5O17/c1-61(2,3)84-59(73)65-27-11-8-18-53(67-60(74)83-45-52-50-16-6-4-14-48(50)49-15-5-7-17-51(49)52)57(70)64-28-30-76-32-34-78-36-38-80-40-42-82-44-43-81-41-39-79-37-35-77-33-31-75-29-25-56(69)66-54(58(71)72)19-9-10-26-63-55(68)20-12-13-46-21-23-47(62)24-22-46/h4-7,14-17,21-24,52-54H,8-13,18-20,25-45H2,1-3H3,(H,63,68)(H,64,70)(H,65,73)(H,66,69)(H,67,74)(H,71,72)/t53-,54-/m0/s1. The lowest BCUT2D eigenvalue weighted by molar-refractivity contribution is -0.142. The number of carbonyl (C=O) groups excluding carboxylic acids is 5. The SMILES string of the molecule is CC(C)(C)OC(=O)NCCCC[C@H](NC(=O)OCC1c2ccccc2-c2ccccc21)C(=O)NCCOCCOCCOCCOCCOCCOCCOCCOCCC(=O)N[C@@H](CCCCNC(=O)CCCc1ccc(I)cc1)C(=O)O. The average Bonchev–Trinajstić information content (AvgIpc) is 2.45. The predicted octanol–water partition coefficient (Wildman–Crippen LogP) is 6.71. The van der Waals surface area contributed by atoms with E-state index < -0.39 is 41.7 Å². The molecule has 6 N–H and O–H groups in total. The fourth-order valence-corrected chi connectivity index (χ4v) is 8.98. The first kappa shape index (κ1) is 71.0. The maximum atomic E-state index is 13.3. The van der Waals surface area contributed by atoms with Gasteiger partial charge in [-0.1, -0.05) is 60.7 Å². The van der Waals surface area contributed by atoms with Crippen molar-refractivity contribution < 1.29 is 81.2 Å². The van der Waals surface area contributed by atoms with Crippen molar-refractivity contribution in [1.29, 1.82) is 0 Å². The van der Waals surface area contributed by atoms with Gasteiger partial charge in [-0.2, -0.15) is 0 Å². The molecule has 0 aliphatic heterocycles. The van der Waals surface area contributed by atoms with E-state index in [1.807, 2.05) is 48.5 Å². The minimum atomic E-state index is -1.10. The van der Waals surface area contributed by atoms with E-state index >= 15 is 0 Å². The third-order valence-corrected chi connectivity index (χ3v) is 13.5. The van der Waals surface area contributed by atoms with E-state index in [4.69, 9.17) is 47.4 Å². The molecule has 0 aromatic heterocycles. The Labute approximate surface area is 508 Å². The fraction of sp³-hybridized carbons (Fsp3) is 0.607. The van der Waals surface area contributed by atoms with Gasteiger partial charge in [-0.15, -0.1) is 0 Å². The molecule has 0 spiro atoms. The summed E-state index contributed by atoms with van der Waals surface area (Å²) in [5.41, 5.74) is 4.98. The number of ether oxygens (including phenoxy) is 10. The zero-order valence-electron chi connectivity index (χ0n) is 49.2. The first-order valence-corrected chi connectivity index (χ1v) is 30.3. The Morgan fingerprint density at radius 2 is 0.976 bits per heavy atom. The van der Waals surface area contributed by atoms with Gasteiger partial charge < -0.3 is 79.1 Å². The van der Waals surface area contributed by atoms with Crippen LogP contribution in [0.5, 0.6) is 0 Å². The number of alkyl carbamates (subject to hydrolysis) is 2. The highest BCUT2D eigenvalue weighted by Gasteiger charge is 2.30. The molecule has 3 aromatic rings. The van der Waals surface area contributed by atoms with Gasteiger partial charge >= 0.3 is 18.2 Å². The van der Waals surface area contributed by atoms with E-state index in [9.17, 15) is 33.9 Å². The van der Waals surface area contributed by atoms with Crippen LogP contribution in [0.3, 0.4) is 0 Å². The molecule has 0 radical (unpaired) electrons. The Balaban J connectivity index is 0.894. The molecule has 2 atom stereocenters. The summed E-state index contributed by atoms with van der Waals surface area (Å²) in [7, 11) is 0. The van der Waals surface area contributed by atoms with Crippen molar-refractivity contribution in [2.24, 2.45) is 0 Å². The molecule has 4 rings (SSSR count). The maximum absolute atomic E-state index is 13.3. The number of hydrogen-bond donors (Lipinski definition) is 6. The zero-order valence-corrected chi connectivity index (χ0v) is 51.4. The molecule has 5 amide bonds. The molecule has 84 heavy (non-hydrogen) atoms.